The molecule has 0 aromatic carbocycles. The minimum atomic E-state index is -4.03. The van der Waals surface area contributed by atoms with Crippen LogP contribution in [0.15, 0.2) is 0 Å². The Morgan fingerprint density at radius 3 is 2.25 bits per heavy atom. The Kier molecular flexibility index (Phi) is 5.10. The van der Waals surface area contributed by atoms with Gasteiger partial charge in [-0.05, 0) is 0 Å². The summed E-state index contributed by atoms with van der Waals surface area (Å²) < 4.78 is 56.5. The first kappa shape index (κ1) is 17.3. The third-order valence-corrected chi connectivity index (χ3v) is 3.36. The quantitative estimate of drug-likeness (QED) is 0.378. The summed E-state index contributed by atoms with van der Waals surface area (Å²) in [6.07, 6.45) is -5.42. The van der Waals surface area contributed by atoms with Crippen LogP contribution in [0.2, 0.25) is 0 Å². The number of aliphatic hydroxyl groups excluding tert-OH is 2. The molecule has 0 radical (unpaired) electrons. The first-order chi connectivity index (χ1) is 8.91. The van der Waals surface area contributed by atoms with E-state index in [-0.39, 0.29) is 0 Å². The van der Waals surface area contributed by atoms with Crippen molar-refractivity contribution in [1.29, 1.82) is 0 Å². The lowest BCUT2D eigenvalue weighted by atomic mass is 10.1. The van der Waals surface area contributed by atoms with Gasteiger partial charge in [-0.25, -0.2) is 4.79 Å². The van der Waals surface area contributed by atoms with Crippen molar-refractivity contribution in [2.75, 3.05) is 19.1 Å². The third kappa shape index (κ3) is 4.96. The summed E-state index contributed by atoms with van der Waals surface area (Å²) in [5.41, 5.74) is 0. The second kappa shape index (κ2) is 5.91. The van der Waals surface area contributed by atoms with Crippen molar-refractivity contribution < 1.29 is 44.9 Å². The number of carbonyl (C=O) groups is 1. The normalized spacial score (nSPS) is 29.2. The van der Waals surface area contributed by atoms with Gasteiger partial charge in [-0.15, -0.1) is 0 Å². The van der Waals surface area contributed by atoms with Crippen molar-refractivity contribution in [3.8, 4) is 0 Å². The third-order valence-electron chi connectivity index (χ3n) is 2.24. The van der Waals surface area contributed by atoms with Gasteiger partial charge in [0.05, 0.1) is 19.1 Å². The van der Waals surface area contributed by atoms with Crippen LogP contribution in [-0.4, -0.2) is 76.6 Å². The van der Waals surface area contributed by atoms with Gasteiger partial charge in [-0.1, -0.05) is 0 Å². The molecule has 10 nitrogen and oxygen atoms in total. The van der Waals surface area contributed by atoms with E-state index in [1.54, 1.807) is 0 Å². The summed E-state index contributed by atoms with van der Waals surface area (Å²) in [4.78, 5) is 11.3. The number of aliphatic hydroxyl groups is 2. The fourth-order valence-electron chi connectivity index (χ4n) is 1.46. The summed E-state index contributed by atoms with van der Waals surface area (Å²) in [6, 6.07) is 0. The molecule has 0 spiro atoms. The van der Waals surface area contributed by atoms with Gasteiger partial charge < -0.3 is 14.9 Å². The molecule has 1 saturated heterocycles. The fourth-order valence-corrected chi connectivity index (χ4v) is 2.42. The lowest BCUT2D eigenvalue weighted by Gasteiger charge is -2.19. The highest BCUT2D eigenvalue weighted by Crippen LogP contribution is 2.23. The topological polar surface area (TPSA) is 154 Å². The van der Waals surface area contributed by atoms with Gasteiger partial charge in [-0.2, -0.15) is 16.8 Å². The van der Waals surface area contributed by atoms with Crippen LogP contribution in [0.4, 0.5) is 0 Å². The van der Waals surface area contributed by atoms with Crippen LogP contribution < -0.4 is 0 Å². The second-order valence-electron chi connectivity index (χ2n) is 4.17. The molecular formula is C8H14O10S2. The van der Waals surface area contributed by atoms with Crippen LogP contribution in [0.3, 0.4) is 0 Å². The van der Waals surface area contributed by atoms with E-state index in [2.05, 4.69) is 13.1 Å². The maximum Gasteiger partial charge on any atom is 0.340 e. The molecule has 0 aromatic heterocycles. The van der Waals surface area contributed by atoms with E-state index < -0.39 is 57.2 Å². The van der Waals surface area contributed by atoms with Crippen LogP contribution in [0.1, 0.15) is 0 Å². The predicted molar refractivity (Wildman–Crippen MR) is 62.4 cm³/mol. The molecular weight excluding hydrogens is 320 g/mol. The number of hydrogen-bond acceptors (Lipinski definition) is 10. The molecule has 1 aliphatic heterocycles. The molecule has 1 aliphatic rings. The molecule has 20 heavy (non-hydrogen) atoms. The maximum absolute atomic E-state index is 11.3. The molecule has 0 amide bonds. The molecule has 4 atom stereocenters. The predicted octanol–water partition coefficient (Wildman–Crippen LogP) is -3.05. The smallest absolute Gasteiger partial charge is 0.340 e. The monoisotopic (exact) mass is 334 g/mol. The minimum absolute atomic E-state index is 0.670. The van der Waals surface area contributed by atoms with Gasteiger partial charge in [0.25, 0.3) is 20.2 Å². The van der Waals surface area contributed by atoms with Gasteiger partial charge in [0.2, 0.25) is 6.10 Å². The molecule has 0 aliphatic carbocycles. The molecule has 0 aromatic rings. The van der Waals surface area contributed by atoms with Gasteiger partial charge in [0.15, 0.2) is 6.10 Å². The molecule has 1 fully saturated rings. The van der Waals surface area contributed by atoms with Crippen molar-refractivity contribution in [3.05, 3.63) is 0 Å². The summed E-state index contributed by atoms with van der Waals surface area (Å²) in [7, 11) is -7.86. The second-order valence-corrected chi connectivity index (χ2v) is 7.41. The highest BCUT2D eigenvalue weighted by atomic mass is 32.2. The van der Waals surface area contributed by atoms with Crippen LogP contribution >= 0.6 is 0 Å². The summed E-state index contributed by atoms with van der Waals surface area (Å²) in [5.74, 6) is -1.19. The molecule has 1 rings (SSSR count). The lowest BCUT2D eigenvalue weighted by molar-refractivity contribution is -0.150. The molecule has 2 N–H and O–H groups in total. The Morgan fingerprint density at radius 2 is 1.80 bits per heavy atom. The van der Waals surface area contributed by atoms with E-state index in [0.717, 1.165) is 6.26 Å². The molecule has 118 valence electrons. The van der Waals surface area contributed by atoms with Gasteiger partial charge in [-0.3, -0.25) is 8.37 Å². The van der Waals surface area contributed by atoms with Gasteiger partial charge in [0, 0.05) is 0 Å². The average Bonchev–Trinajstić information content (AvgIpc) is 2.51. The molecule has 0 bridgehead atoms. The largest absolute Gasteiger partial charge is 0.455 e. The van der Waals surface area contributed by atoms with Crippen molar-refractivity contribution in [2.24, 2.45) is 0 Å². The summed E-state index contributed by atoms with van der Waals surface area (Å²) >= 11 is 0. The van der Waals surface area contributed by atoms with Crippen molar-refractivity contribution >= 4 is 26.2 Å². The first-order valence-electron chi connectivity index (χ1n) is 5.20. The summed E-state index contributed by atoms with van der Waals surface area (Å²) in [5, 5.41) is 19.3. The summed E-state index contributed by atoms with van der Waals surface area (Å²) in [6.45, 7) is -0.764. The molecule has 0 saturated carbocycles. The molecule has 0 unspecified atom stereocenters. The maximum atomic E-state index is 11.3. The van der Waals surface area contributed by atoms with E-state index in [9.17, 15) is 31.8 Å². The molecule has 1 heterocycles. The van der Waals surface area contributed by atoms with Crippen molar-refractivity contribution in [3.63, 3.8) is 0 Å². The zero-order valence-electron chi connectivity index (χ0n) is 10.5. The van der Waals surface area contributed by atoms with Crippen LogP contribution in [0, 0.1) is 0 Å². The Balaban J connectivity index is 2.72. The van der Waals surface area contributed by atoms with Crippen molar-refractivity contribution in [2.45, 2.75) is 24.4 Å². The minimum Gasteiger partial charge on any atom is -0.455 e. The van der Waals surface area contributed by atoms with Crippen LogP contribution in [0.5, 0.6) is 0 Å². The number of rotatable bonds is 6. The highest BCUT2D eigenvalue weighted by molar-refractivity contribution is 7.86. The average molecular weight is 334 g/mol. The molecule has 12 heteroatoms. The standard InChI is InChI=1S/C8H14O10S2/c1-19(12,13)16-3-4(9)6-5(10)7(8(11)17-6)18-20(2,14)15/h4-7,9-10H,3H2,1-2H3/t4-,5+,6-,7+/m0/s1. The van der Waals surface area contributed by atoms with E-state index in [4.69, 9.17) is 0 Å². The first-order valence-corrected chi connectivity index (χ1v) is 8.83. The fraction of sp³-hybridized carbons (Fsp3) is 0.875. The van der Waals surface area contributed by atoms with Crippen LogP contribution in [-0.2, 0) is 38.1 Å². The Hall–Kier alpha value is -0.790. The Morgan fingerprint density at radius 1 is 1.25 bits per heavy atom. The van der Waals surface area contributed by atoms with Gasteiger partial charge in [0.1, 0.15) is 12.2 Å². The van der Waals surface area contributed by atoms with Crippen molar-refractivity contribution in [1.82, 2.24) is 0 Å². The highest BCUT2D eigenvalue weighted by Gasteiger charge is 2.49. The number of esters is 1. The SMILES string of the molecule is CS(=O)(=O)OC[C@H](O)[C@@H]1OC(=O)[C@H](OS(C)(=O)=O)[C@@H]1O. The zero-order chi connectivity index (χ0) is 15.7. The van der Waals surface area contributed by atoms with Crippen LogP contribution in [0.25, 0.3) is 0 Å². The lowest BCUT2D eigenvalue weighted by Crippen LogP contribution is -2.42. The number of hydrogen-bond donors (Lipinski definition) is 2. The van der Waals surface area contributed by atoms with E-state index in [1.807, 2.05) is 0 Å². The Labute approximate surface area is 115 Å². The zero-order valence-corrected chi connectivity index (χ0v) is 12.1. The van der Waals surface area contributed by atoms with E-state index >= 15 is 0 Å². The van der Waals surface area contributed by atoms with E-state index in [1.165, 1.54) is 0 Å². The van der Waals surface area contributed by atoms with E-state index in [0.29, 0.717) is 6.26 Å². The number of ether oxygens (including phenoxy) is 1. The number of carbonyl (C=O) groups excluding carboxylic acids is 1. The Bertz CT molecular complexity index is 564. The number of cyclic esters (lactones) is 1. The van der Waals surface area contributed by atoms with Gasteiger partial charge >= 0.3 is 5.97 Å².